The van der Waals surface area contributed by atoms with Crippen molar-refractivity contribution in [3.05, 3.63) is 204 Å². The molecule has 0 amide bonds. The van der Waals surface area contributed by atoms with Crippen molar-refractivity contribution in [1.82, 2.24) is 24.3 Å². The van der Waals surface area contributed by atoms with Crippen LogP contribution in [-0.4, -0.2) is 24.3 Å². The van der Waals surface area contributed by atoms with Crippen molar-refractivity contribution in [3.63, 3.8) is 0 Å². The van der Waals surface area contributed by atoms with Crippen LogP contribution < -0.4 is 0 Å². The van der Waals surface area contributed by atoms with Gasteiger partial charge in [-0.25, -0.2) is 4.98 Å². The number of H-pyrrole nitrogens is 1. The smallest absolute Gasteiger partial charge is 0.159 e. The molecule has 0 radical (unpaired) electrons. The van der Waals surface area contributed by atoms with Gasteiger partial charge in [-0.2, -0.15) is 5.10 Å². The minimum atomic E-state index is -0.668. The summed E-state index contributed by atoms with van der Waals surface area (Å²) in [4.78, 5) is 4.83. The van der Waals surface area contributed by atoms with Gasteiger partial charge in [-0.1, -0.05) is 127 Å². The molecule has 4 aromatic heterocycles. The van der Waals surface area contributed by atoms with E-state index in [9.17, 15) is 0 Å². The third-order valence-electron chi connectivity index (χ3n) is 10.4. The molecule has 10 rings (SSSR count). The summed E-state index contributed by atoms with van der Waals surface area (Å²) in [5.74, 6) is 1.77. The van der Waals surface area contributed by atoms with Gasteiger partial charge in [0, 0.05) is 39.5 Å². The number of fused-ring (bicyclic) bond motifs is 6. The van der Waals surface area contributed by atoms with Crippen LogP contribution in [0.15, 0.2) is 176 Å². The summed E-state index contributed by atoms with van der Waals surface area (Å²) in [6, 6.07) is 61.4. The minimum Gasteiger partial charge on any atom is -0.294 e. The van der Waals surface area contributed by atoms with Crippen molar-refractivity contribution in [1.29, 1.82) is 0 Å². The van der Waals surface area contributed by atoms with E-state index in [1.807, 2.05) is 19.2 Å². The van der Waals surface area contributed by atoms with Crippen LogP contribution in [0.25, 0.3) is 55.2 Å². The van der Waals surface area contributed by atoms with E-state index in [0.29, 0.717) is 0 Å². The van der Waals surface area contributed by atoms with Crippen LogP contribution in [0.5, 0.6) is 0 Å². The predicted molar refractivity (Wildman–Crippen MR) is 208 cm³/mol. The van der Waals surface area contributed by atoms with Gasteiger partial charge in [-0.3, -0.25) is 14.2 Å². The third kappa shape index (κ3) is 4.35. The zero-order chi connectivity index (χ0) is 33.9. The molecule has 0 aliphatic rings. The van der Waals surface area contributed by atoms with Crippen LogP contribution in [0.2, 0.25) is 0 Å². The van der Waals surface area contributed by atoms with Gasteiger partial charge in [-0.15, -0.1) is 0 Å². The molecule has 242 valence electrons. The monoisotopic (exact) mass is 655 g/mol. The molecule has 0 aliphatic heterocycles. The minimum absolute atomic E-state index is 0.668. The van der Waals surface area contributed by atoms with E-state index in [1.54, 1.807) is 0 Å². The Morgan fingerprint density at radius 3 is 1.43 bits per heavy atom. The van der Waals surface area contributed by atoms with Crippen molar-refractivity contribution in [2.45, 2.75) is 12.3 Å². The normalized spacial score (nSPS) is 12.0. The summed E-state index contributed by atoms with van der Waals surface area (Å²) in [7, 11) is 0. The Morgan fingerprint density at radius 1 is 0.431 bits per heavy atom. The highest BCUT2D eigenvalue weighted by Gasteiger charge is 2.39. The van der Waals surface area contributed by atoms with Crippen LogP contribution in [0.4, 0.5) is 0 Å². The molecule has 0 saturated carbocycles. The first-order chi connectivity index (χ1) is 25.2. The maximum Gasteiger partial charge on any atom is 0.159 e. The summed E-state index contributed by atoms with van der Waals surface area (Å²) in [6.07, 6.45) is 1.87. The summed E-state index contributed by atoms with van der Waals surface area (Å²) < 4.78 is 4.59. The van der Waals surface area contributed by atoms with E-state index in [4.69, 9.17) is 10.1 Å². The van der Waals surface area contributed by atoms with E-state index in [-0.39, 0.29) is 0 Å². The third-order valence-corrected chi connectivity index (χ3v) is 10.4. The van der Waals surface area contributed by atoms with Crippen molar-refractivity contribution < 1.29 is 0 Å². The van der Waals surface area contributed by atoms with Gasteiger partial charge >= 0.3 is 0 Å². The van der Waals surface area contributed by atoms with Gasteiger partial charge in [0.05, 0.1) is 27.5 Å². The maximum atomic E-state index is 4.83. The molecule has 0 bridgehead atoms. The number of nitrogens with one attached hydrogen (secondary N) is 1. The van der Waals surface area contributed by atoms with Crippen LogP contribution in [0, 0.1) is 6.92 Å². The van der Waals surface area contributed by atoms with Gasteiger partial charge in [-0.05, 0) is 65.6 Å². The number of pyridine rings is 1. The van der Waals surface area contributed by atoms with Crippen LogP contribution in [0.1, 0.15) is 27.9 Å². The fourth-order valence-corrected chi connectivity index (χ4v) is 8.28. The molecule has 51 heavy (non-hydrogen) atoms. The fourth-order valence-electron chi connectivity index (χ4n) is 8.28. The molecule has 1 N–H and O–H groups in total. The number of benzene rings is 6. The molecule has 6 aromatic carbocycles. The summed E-state index contributed by atoms with van der Waals surface area (Å²) in [6.45, 7) is 2.05. The molecular weight excluding hydrogens is 623 g/mol. The molecule has 0 saturated heterocycles. The van der Waals surface area contributed by atoms with Crippen molar-refractivity contribution >= 4 is 43.6 Å². The van der Waals surface area contributed by atoms with E-state index in [2.05, 4.69) is 178 Å². The van der Waals surface area contributed by atoms with Crippen LogP contribution in [0.3, 0.4) is 0 Å². The van der Waals surface area contributed by atoms with E-state index < -0.39 is 5.41 Å². The Balaban J connectivity index is 1.35. The second-order valence-corrected chi connectivity index (χ2v) is 13.2. The van der Waals surface area contributed by atoms with Gasteiger partial charge in [0.25, 0.3) is 0 Å². The quantitative estimate of drug-likeness (QED) is 0.181. The van der Waals surface area contributed by atoms with E-state index in [1.165, 1.54) is 43.8 Å². The average Bonchev–Trinajstić information content (AvgIpc) is 3.87. The molecule has 0 atom stereocenters. The molecule has 5 nitrogen and oxygen atoms in total. The molecule has 4 heterocycles. The summed E-state index contributed by atoms with van der Waals surface area (Å²) >= 11 is 0. The molecule has 0 spiro atoms. The maximum absolute atomic E-state index is 4.83. The summed E-state index contributed by atoms with van der Waals surface area (Å²) in [5.41, 5.74) is 9.56. The molecule has 0 aliphatic carbocycles. The molecule has 10 aromatic rings. The SMILES string of the molecule is Cc1cc(-n2c3ccccc3c3ccc(C(c4ccccc4)(c4ccccc4)c4ccc5c6ccccc6n(-c6ccccn6)c5c4)cc32)n[nH]1. The number of hydrogen-bond acceptors (Lipinski definition) is 2. The number of para-hydroxylation sites is 2. The number of aromatic nitrogens is 5. The lowest BCUT2D eigenvalue weighted by Crippen LogP contribution is -2.31. The van der Waals surface area contributed by atoms with Gasteiger partial charge < -0.3 is 0 Å². The van der Waals surface area contributed by atoms with Crippen molar-refractivity contribution in [2.24, 2.45) is 0 Å². The Bertz CT molecular complexity index is 2820. The van der Waals surface area contributed by atoms with Crippen LogP contribution in [-0.2, 0) is 5.41 Å². The second kappa shape index (κ2) is 11.4. The largest absolute Gasteiger partial charge is 0.294 e. The molecule has 5 heteroatoms. The van der Waals surface area contributed by atoms with Gasteiger partial charge in [0.2, 0.25) is 0 Å². The number of aromatic amines is 1. The van der Waals surface area contributed by atoms with E-state index in [0.717, 1.165) is 39.4 Å². The lowest BCUT2D eigenvalue weighted by Gasteiger charge is -2.37. The first kappa shape index (κ1) is 29.2. The highest BCUT2D eigenvalue weighted by atomic mass is 15.2. The van der Waals surface area contributed by atoms with Gasteiger partial charge in [0.15, 0.2) is 5.82 Å². The molecule has 0 fully saturated rings. The standard InChI is InChI=1S/C46H33N5/c1-31-28-45(49-48-31)51-41-21-11-9-19-37(41)39-26-24-35(30-43(39)51)46(32-14-4-2-5-15-32,33-16-6-3-7-17-33)34-23-25-38-36-18-8-10-20-40(36)50(42(38)29-34)44-22-12-13-27-47-44/h2-30H,1H3,(H,48,49). The Hall–Kier alpha value is -6.72. The Kier molecular flexibility index (Phi) is 6.55. The van der Waals surface area contributed by atoms with Crippen molar-refractivity contribution in [2.75, 3.05) is 0 Å². The van der Waals surface area contributed by atoms with Gasteiger partial charge in [0.1, 0.15) is 5.82 Å². The number of hydrogen-bond donors (Lipinski definition) is 1. The molecule has 0 unspecified atom stereocenters. The zero-order valence-electron chi connectivity index (χ0n) is 28.0. The van der Waals surface area contributed by atoms with Crippen LogP contribution >= 0.6 is 0 Å². The first-order valence-electron chi connectivity index (χ1n) is 17.3. The second-order valence-electron chi connectivity index (χ2n) is 13.2. The predicted octanol–water partition coefficient (Wildman–Crippen LogP) is 10.7. The number of nitrogens with zero attached hydrogens (tertiary/aromatic N) is 4. The lowest BCUT2D eigenvalue weighted by atomic mass is 9.65. The Labute approximate surface area is 295 Å². The highest BCUT2D eigenvalue weighted by Crippen LogP contribution is 2.48. The topological polar surface area (TPSA) is 51.4 Å². The van der Waals surface area contributed by atoms with E-state index >= 15 is 0 Å². The number of aryl methyl sites for hydroxylation is 1. The van der Waals surface area contributed by atoms with Crippen molar-refractivity contribution in [3.8, 4) is 11.6 Å². The molecular formula is C46H33N5. The fraction of sp³-hybridized carbons (Fsp3) is 0.0435. The Morgan fingerprint density at radius 2 is 0.922 bits per heavy atom. The number of rotatable bonds is 6. The zero-order valence-corrected chi connectivity index (χ0v) is 28.0. The first-order valence-corrected chi connectivity index (χ1v) is 17.3. The average molecular weight is 656 g/mol. The summed E-state index contributed by atoms with van der Waals surface area (Å²) in [5, 5.41) is 12.7. The highest BCUT2D eigenvalue weighted by molar-refractivity contribution is 6.10. The lowest BCUT2D eigenvalue weighted by molar-refractivity contribution is 0.746.